The van der Waals surface area contributed by atoms with Crippen molar-refractivity contribution in [3.63, 3.8) is 0 Å². The molecule has 0 aliphatic heterocycles. The number of hydrogen-bond donors (Lipinski definition) is 3. The van der Waals surface area contributed by atoms with Crippen LogP contribution in [0.25, 0.3) is 0 Å². The Hall–Kier alpha value is -1.62. The van der Waals surface area contributed by atoms with Gasteiger partial charge in [0.25, 0.3) is 0 Å². The molecule has 88 valence electrons. The maximum Gasteiger partial charge on any atom is 0.354 e. The van der Waals surface area contributed by atoms with Crippen LogP contribution in [0.1, 0.15) is 24.3 Å². The third-order valence-electron chi connectivity index (χ3n) is 2.34. The Morgan fingerprint density at radius 3 is 2.56 bits per heavy atom. The summed E-state index contributed by atoms with van der Waals surface area (Å²) >= 11 is 0. The van der Waals surface area contributed by atoms with Crippen molar-refractivity contribution in [2.45, 2.75) is 19.9 Å². The van der Waals surface area contributed by atoms with Gasteiger partial charge in [0.1, 0.15) is 5.69 Å². The van der Waals surface area contributed by atoms with Gasteiger partial charge in [-0.05, 0) is 18.1 Å². The van der Waals surface area contributed by atoms with Crippen LogP contribution in [-0.4, -0.2) is 33.8 Å². The number of aliphatic hydroxyl groups is 1. The topological polar surface area (TPSA) is 82.5 Å². The van der Waals surface area contributed by atoms with E-state index in [-0.39, 0.29) is 24.3 Å². The lowest BCUT2D eigenvalue weighted by Gasteiger charge is -2.20. The molecule has 1 aromatic heterocycles. The van der Waals surface area contributed by atoms with Gasteiger partial charge in [-0.3, -0.25) is 0 Å². The van der Waals surface area contributed by atoms with Crippen LogP contribution >= 0.6 is 0 Å². The number of rotatable bonds is 5. The van der Waals surface area contributed by atoms with E-state index in [0.29, 0.717) is 5.69 Å². The maximum atomic E-state index is 10.6. The fourth-order valence-corrected chi connectivity index (χ4v) is 1.24. The Morgan fingerprint density at radius 2 is 2.19 bits per heavy atom. The van der Waals surface area contributed by atoms with Crippen LogP contribution in [-0.2, 0) is 0 Å². The first-order valence-electron chi connectivity index (χ1n) is 5.11. The monoisotopic (exact) mass is 224 g/mol. The zero-order valence-corrected chi connectivity index (χ0v) is 9.34. The third kappa shape index (κ3) is 3.20. The summed E-state index contributed by atoms with van der Waals surface area (Å²) in [6.07, 6.45) is 1.45. The van der Waals surface area contributed by atoms with Gasteiger partial charge in [-0.15, -0.1) is 0 Å². The second kappa shape index (κ2) is 5.46. The number of carbonyl (C=O) groups is 1. The van der Waals surface area contributed by atoms with E-state index in [1.54, 1.807) is 6.07 Å². The van der Waals surface area contributed by atoms with E-state index in [4.69, 9.17) is 10.2 Å². The highest BCUT2D eigenvalue weighted by Gasteiger charge is 2.12. The Kier molecular flexibility index (Phi) is 4.25. The minimum Gasteiger partial charge on any atom is -0.477 e. The molecule has 0 spiro atoms. The molecule has 0 aliphatic carbocycles. The first kappa shape index (κ1) is 12.4. The van der Waals surface area contributed by atoms with Crippen LogP contribution in [0, 0.1) is 5.92 Å². The summed E-state index contributed by atoms with van der Waals surface area (Å²) in [4.78, 5) is 14.4. The second-order valence-electron chi connectivity index (χ2n) is 3.91. The van der Waals surface area contributed by atoms with Crippen molar-refractivity contribution < 1.29 is 15.0 Å². The van der Waals surface area contributed by atoms with E-state index in [1.807, 2.05) is 13.8 Å². The minimum atomic E-state index is -1.05. The van der Waals surface area contributed by atoms with E-state index < -0.39 is 5.97 Å². The maximum absolute atomic E-state index is 10.6. The molecule has 1 aromatic rings. The zero-order chi connectivity index (χ0) is 12.1. The normalized spacial score (nSPS) is 12.5. The van der Waals surface area contributed by atoms with Gasteiger partial charge in [-0.25, -0.2) is 9.78 Å². The molecule has 1 rings (SSSR count). The van der Waals surface area contributed by atoms with Crippen molar-refractivity contribution in [2.75, 3.05) is 11.9 Å². The summed E-state index contributed by atoms with van der Waals surface area (Å²) in [5.74, 6) is -0.765. The van der Waals surface area contributed by atoms with E-state index in [0.717, 1.165) is 0 Å². The Morgan fingerprint density at radius 1 is 1.50 bits per heavy atom. The van der Waals surface area contributed by atoms with Gasteiger partial charge in [0, 0.05) is 0 Å². The largest absolute Gasteiger partial charge is 0.477 e. The summed E-state index contributed by atoms with van der Waals surface area (Å²) in [5, 5.41) is 20.9. The van der Waals surface area contributed by atoms with Crippen LogP contribution in [0.3, 0.4) is 0 Å². The van der Waals surface area contributed by atoms with E-state index in [9.17, 15) is 4.79 Å². The fourth-order valence-electron chi connectivity index (χ4n) is 1.24. The minimum absolute atomic E-state index is 0.00986. The number of aliphatic hydroxyl groups excluding tert-OH is 1. The Labute approximate surface area is 94.1 Å². The van der Waals surface area contributed by atoms with Crippen molar-refractivity contribution in [1.82, 2.24) is 4.98 Å². The van der Waals surface area contributed by atoms with Crippen LogP contribution in [0.15, 0.2) is 18.3 Å². The molecule has 0 aromatic carbocycles. The molecule has 1 unspecified atom stereocenters. The van der Waals surface area contributed by atoms with Crippen molar-refractivity contribution in [3.8, 4) is 0 Å². The smallest absolute Gasteiger partial charge is 0.354 e. The fraction of sp³-hybridized carbons (Fsp3) is 0.455. The average molecular weight is 224 g/mol. The molecule has 0 saturated carbocycles. The molecule has 0 saturated heterocycles. The van der Waals surface area contributed by atoms with Crippen molar-refractivity contribution in [1.29, 1.82) is 0 Å². The first-order chi connectivity index (χ1) is 7.54. The number of carboxylic acids is 1. The molecular weight excluding hydrogens is 208 g/mol. The number of nitrogens with one attached hydrogen (secondary N) is 1. The number of anilines is 1. The van der Waals surface area contributed by atoms with Gasteiger partial charge in [0.15, 0.2) is 0 Å². The summed E-state index contributed by atoms with van der Waals surface area (Å²) < 4.78 is 0. The average Bonchev–Trinajstić information content (AvgIpc) is 2.26. The highest BCUT2D eigenvalue weighted by molar-refractivity contribution is 5.85. The number of aromatic nitrogens is 1. The zero-order valence-electron chi connectivity index (χ0n) is 9.34. The number of nitrogens with zero attached hydrogens (tertiary/aromatic N) is 1. The number of carboxylic acid groups (broad SMARTS) is 1. The van der Waals surface area contributed by atoms with Gasteiger partial charge in [-0.2, -0.15) is 0 Å². The van der Waals surface area contributed by atoms with Crippen LogP contribution in [0.4, 0.5) is 5.69 Å². The van der Waals surface area contributed by atoms with E-state index in [2.05, 4.69) is 10.3 Å². The number of hydrogen-bond acceptors (Lipinski definition) is 4. The van der Waals surface area contributed by atoms with Crippen LogP contribution < -0.4 is 5.32 Å². The van der Waals surface area contributed by atoms with Crippen LogP contribution in [0.5, 0.6) is 0 Å². The Balaban J connectivity index is 2.71. The SMILES string of the molecule is CC(C)C(CO)Nc1ccc(C(=O)O)nc1. The Bertz CT molecular complexity index is 349. The molecule has 5 heteroatoms. The molecule has 0 radical (unpaired) electrons. The summed E-state index contributed by atoms with van der Waals surface area (Å²) in [7, 11) is 0. The lowest BCUT2D eigenvalue weighted by atomic mass is 10.1. The van der Waals surface area contributed by atoms with Crippen molar-refractivity contribution >= 4 is 11.7 Å². The molecule has 1 heterocycles. The third-order valence-corrected chi connectivity index (χ3v) is 2.34. The predicted molar refractivity (Wildman–Crippen MR) is 60.5 cm³/mol. The molecule has 0 fully saturated rings. The number of pyridine rings is 1. The van der Waals surface area contributed by atoms with Gasteiger partial charge in [0.2, 0.25) is 0 Å². The first-order valence-corrected chi connectivity index (χ1v) is 5.11. The standard InChI is InChI=1S/C11H16N2O3/c1-7(2)10(6-14)13-8-3-4-9(11(15)16)12-5-8/h3-5,7,10,13-14H,6H2,1-2H3,(H,15,16). The highest BCUT2D eigenvalue weighted by atomic mass is 16.4. The van der Waals surface area contributed by atoms with Gasteiger partial charge in [-0.1, -0.05) is 13.8 Å². The molecule has 5 nitrogen and oxygen atoms in total. The van der Waals surface area contributed by atoms with E-state index >= 15 is 0 Å². The summed E-state index contributed by atoms with van der Waals surface area (Å²) in [5.41, 5.74) is 0.716. The highest BCUT2D eigenvalue weighted by Crippen LogP contribution is 2.11. The molecule has 0 aliphatic rings. The second-order valence-corrected chi connectivity index (χ2v) is 3.91. The van der Waals surface area contributed by atoms with Gasteiger partial charge < -0.3 is 15.5 Å². The molecule has 16 heavy (non-hydrogen) atoms. The lowest BCUT2D eigenvalue weighted by Crippen LogP contribution is -2.29. The summed E-state index contributed by atoms with van der Waals surface area (Å²) in [6, 6.07) is 3.01. The van der Waals surface area contributed by atoms with Gasteiger partial charge in [0.05, 0.1) is 24.5 Å². The van der Waals surface area contributed by atoms with Crippen LogP contribution in [0.2, 0.25) is 0 Å². The number of aromatic carboxylic acids is 1. The molecule has 3 N–H and O–H groups in total. The van der Waals surface area contributed by atoms with Gasteiger partial charge >= 0.3 is 5.97 Å². The van der Waals surface area contributed by atoms with Crippen molar-refractivity contribution in [2.24, 2.45) is 5.92 Å². The summed E-state index contributed by atoms with van der Waals surface area (Å²) in [6.45, 7) is 4.01. The molecule has 1 atom stereocenters. The predicted octanol–water partition coefficient (Wildman–Crippen LogP) is 1.21. The molecule has 0 amide bonds. The molecule has 0 bridgehead atoms. The van der Waals surface area contributed by atoms with Crippen molar-refractivity contribution in [3.05, 3.63) is 24.0 Å². The quantitative estimate of drug-likeness (QED) is 0.700. The van der Waals surface area contributed by atoms with E-state index in [1.165, 1.54) is 12.3 Å². The molecular formula is C11H16N2O3. The lowest BCUT2D eigenvalue weighted by molar-refractivity contribution is 0.0690.